The minimum Gasteiger partial charge on any atom is -0.370 e. The van der Waals surface area contributed by atoms with Crippen molar-refractivity contribution in [2.24, 2.45) is 16.5 Å². The molecule has 2 atom stereocenters. The summed E-state index contributed by atoms with van der Waals surface area (Å²) in [7, 11) is 0. The first kappa shape index (κ1) is 28.5. The number of likely N-dealkylation sites (tertiary alicyclic amines) is 1. The molecule has 6 N–H and O–H groups in total. The van der Waals surface area contributed by atoms with Gasteiger partial charge in [0.2, 0.25) is 11.8 Å². The largest absolute Gasteiger partial charge is 0.370 e. The summed E-state index contributed by atoms with van der Waals surface area (Å²) in [5.74, 6) is -1.34. The third-order valence-corrected chi connectivity index (χ3v) is 7.09. The van der Waals surface area contributed by atoms with Gasteiger partial charge in [0.05, 0.1) is 24.9 Å². The number of halogens is 1. The Morgan fingerprint density at radius 3 is 2.57 bits per heavy atom. The minimum absolute atomic E-state index is 0.0718. The summed E-state index contributed by atoms with van der Waals surface area (Å²) in [6.45, 7) is 0.186. The van der Waals surface area contributed by atoms with Crippen molar-refractivity contribution in [2.75, 3.05) is 26.5 Å². The summed E-state index contributed by atoms with van der Waals surface area (Å²) in [5, 5.41) is 6.01. The lowest BCUT2D eigenvalue weighted by Gasteiger charge is -2.36. The van der Waals surface area contributed by atoms with Crippen LogP contribution in [0.2, 0.25) is 0 Å². The molecular weight excluding hydrogens is 479 g/mol. The van der Waals surface area contributed by atoms with E-state index < -0.39 is 36.0 Å². The number of guanidine groups is 1. The Bertz CT molecular complexity index is 934. The van der Waals surface area contributed by atoms with Crippen molar-refractivity contribution in [1.82, 2.24) is 15.5 Å². The Morgan fingerprint density at radius 2 is 1.89 bits per heavy atom. The Labute approximate surface area is 217 Å². The number of nitrogens with zero attached hydrogens (tertiary/aromatic N) is 2. The molecule has 1 aromatic carbocycles. The first-order valence-electron chi connectivity index (χ1n) is 13.0. The highest BCUT2D eigenvalue weighted by molar-refractivity contribution is 5.95. The van der Waals surface area contributed by atoms with E-state index >= 15 is 0 Å². The molecule has 1 saturated carbocycles. The van der Waals surface area contributed by atoms with Crippen molar-refractivity contribution in [3.63, 3.8) is 0 Å². The molecule has 1 aromatic rings. The van der Waals surface area contributed by atoms with Crippen molar-refractivity contribution >= 4 is 23.6 Å². The summed E-state index contributed by atoms with van der Waals surface area (Å²) in [5.41, 5.74) is 10.9. The molecular formula is C26H39FN6O4. The first-order valence-corrected chi connectivity index (χ1v) is 13.0. The van der Waals surface area contributed by atoms with Gasteiger partial charge in [0.25, 0.3) is 0 Å². The van der Waals surface area contributed by atoms with Crippen LogP contribution in [0.1, 0.15) is 56.9 Å². The molecule has 0 radical (unpaired) electrons. The lowest BCUT2D eigenvalue weighted by molar-refractivity contribution is -0.145. The lowest BCUT2D eigenvalue weighted by atomic mass is 9.95. The van der Waals surface area contributed by atoms with Crippen molar-refractivity contribution in [1.29, 1.82) is 0 Å². The second kappa shape index (κ2) is 14.0. The number of rotatable bonds is 14. The molecule has 1 aliphatic carbocycles. The Morgan fingerprint density at radius 1 is 1.16 bits per heavy atom. The molecule has 204 valence electrons. The molecule has 0 aromatic heterocycles. The average Bonchev–Trinajstić information content (AvgIpc) is 3.59. The number of nitrogens with two attached hydrogens (primary N) is 2. The average molecular weight is 519 g/mol. The molecule has 1 saturated heterocycles. The van der Waals surface area contributed by atoms with Crippen LogP contribution >= 0.6 is 0 Å². The van der Waals surface area contributed by atoms with E-state index in [-0.39, 0.29) is 31.6 Å². The summed E-state index contributed by atoms with van der Waals surface area (Å²) < 4.78 is 19.0. The van der Waals surface area contributed by atoms with E-state index in [4.69, 9.17) is 16.2 Å². The number of aliphatic imine (C=N–C) groups is 1. The number of carbonyl (C=O) groups is 3. The zero-order valence-electron chi connectivity index (χ0n) is 21.3. The van der Waals surface area contributed by atoms with Gasteiger partial charge in [0.1, 0.15) is 12.7 Å². The van der Waals surface area contributed by atoms with Gasteiger partial charge in [-0.3, -0.25) is 24.7 Å². The van der Waals surface area contributed by atoms with Crippen LogP contribution in [0.15, 0.2) is 35.3 Å². The number of Topliss-reactive ketones (excluding diaryl/α,β-unsaturated/α-hetero) is 1. The van der Waals surface area contributed by atoms with Crippen LogP contribution in [0.5, 0.6) is 0 Å². The zero-order chi connectivity index (χ0) is 26.7. The second-order valence-corrected chi connectivity index (χ2v) is 9.71. The number of nitrogens with one attached hydrogen (secondary N) is 2. The van der Waals surface area contributed by atoms with E-state index in [2.05, 4.69) is 15.6 Å². The SMILES string of the molecule is NC(N)=NCCC[C@H](NC(=O)[C@@H]1CCCN1C(=O)C1(NCOCc2ccccc2)CCCC1)C(=O)CF. The Hall–Kier alpha value is -3.05. The number of hydrogen-bond acceptors (Lipinski definition) is 6. The van der Waals surface area contributed by atoms with Crippen LogP contribution in [0, 0.1) is 0 Å². The number of hydrogen-bond donors (Lipinski definition) is 4. The monoisotopic (exact) mass is 518 g/mol. The number of carbonyl (C=O) groups excluding carboxylic acids is 3. The summed E-state index contributed by atoms with van der Waals surface area (Å²) in [6, 6.07) is 8.10. The fraction of sp³-hybridized carbons (Fsp3) is 0.615. The van der Waals surface area contributed by atoms with E-state index in [0.29, 0.717) is 45.3 Å². The van der Waals surface area contributed by atoms with E-state index in [1.807, 2.05) is 30.3 Å². The zero-order valence-corrected chi connectivity index (χ0v) is 21.3. The molecule has 0 unspecified atom stereocenters. The molecule has 0 spiro atoms. The van der Waals surface area contributed by atoms with Gasteiger partial charge < -0.3 is 26.4 Å². The van der Waals surface area contributed by atoms with Crippen molar-refractivity contribution < 1.29 is 23.5 Å². The maximum Gasteiger partial charge on any atom is 0.243 e. The molecule has 3 rings (SSSR count). The molecule has 10 nitrogen and oxygen atoms in total. The van der Waals surface area contributed by atoms with Gasteiger partial charge in [-0.25, -0.2) is 4.39 Å². The van der Waals surface area contributed by atoms with Crippen LogP contribution in [-0.2, 0) is 25.7 Å². The highest BCUT2D eigenvalue weighted by atomic mass is 19.1. The second-order valence-electron chi connectivity index (χ2n) is 9.71. The van der Waals surface area contributed by atoms with Gasteiger partial charge in [0, 0.05) is 13.1 Å². The van der Waals surface area contributed by atoms with E-state index in [9.17, 15) is 18.8 Å². The smallest absolute Gasteiger partial charge is 0.243 e. The summed E-state index contributed by atoms with van der Waals surface area (Å²) >= 11 is 0. The topological polar surface area (TPSA) is 152 Å². The van der Waals surface area contributed by atoms with E-state index in [1.165, 1.54) is 0 Å². The van der Waals surface area contributed by atoms with Crippen LogP contribution < -0.4 is 22.1 Å². The fourth-order valence-corrected chi connectivity index (χ4v) is 5.11. The molecule has 1 aliphatic heterocycles. The Balaban J connectivity index is 1.60. The van der Waals surface area contributed by atoms with Crippen molar-refractivity contribution in [2.45, 2.75) is 75.6 Å². The quantitative estimate of drug-likeness (QED) is 0.125. The molecule has 2 amide bonds. The fourth-order valence-electron chi connectivity index (χ4n) is 5.11. The Kier molecular flexibility index (Phi) is 10.8. The van der Waals surface area contributed by atoms with Crippen molar-refractivity contribution in [3.8, 4) is 0 Å². The molecule has 0 bridgehead atoms. The highest BCUT2D eigenvalue weighted by Crippen LogP contribution is 2.34. The van der Waals surface area contributed by atoms with Crippen LogP contribution in [0.4, 0.5) is 4.39 Å². The predicted molar refractivity (Wildman–Crippen MR) is 138 cm³/mol. The van der Waals surface area contributed by atoms with Crippen LogP contribution in [0.25, 0.3) is 0 Å². The maximum atomic E-state index is 13.8. The van der Waals surface area contributed by atoms with Gasteiger partial charge in [-0.15, -0.1) is 0 Å². The minimum atomic E-state index is -1.18. The summed E-state index contributed by atoms with van der Waals surface area (Å²) in [4.78, 5) is 44.5. The van der Waals surface area contributed by atoms with Gasteiger partial charge >= 0.3 is 0 Å². The lowest BCUT2D eigenvalue weighted by Crippen LogP contribution is -2.60. The highest BCUT2D eigenvalue weighted by Gasteiger charge is 2.47. The number of benzene rings is 1. The van der Waals surface area contributed by atoms with Gasteiger partial charge in [-0.05, 0) is 44.1 Å². The van der Waals surface area contributed by atoms with Crippen LogP contribution in [0.3, 0.4) is 0 Å². The number of alkyl halides is 1. The van der Waals surface area contributed by atoms with E-state index in [0.717, 1.165) is 18.4 Å². The maximum absolute atomic E-state index is 13.8. The third-order valence-electron chi connectivity index (χ3n) is 7.09. The van der Waals surface area contributed by atoms with Crippen LogP contribution in [-0.4, -0.2) is 72.6 Å². The normalized spacial score (nSPS) is 19.4. The molecule has 2 fully saturated rings. The molecule has 1 heterocycles. The van der Waals surface area contributed by atoms with Crippen molar-refractivity contribution in [3.05, 3.63) is 35.9 Å². The molecule has 2 aliphatic rings. The molecule has 37 heavy (non-hydrogen) atoms. The van der Waals surface area contributed by atoms with Gasteiger partial charge in [-0.1, -0.05) is 43.2 Å². The number of amides is 2. The third kappa shape index (κ3) is 7.96. The van der Waals surface area contributed by atoms with E-state index in [1.54, 1.807) is 4.90 Å². The summed E-state index contributed by atoms with van der Waals surface area (Å²) in [6.07, 6.45) is 4.92. The standard InChI is InChI=1S/C26H39FN6O4/c27-16-22(34)20(10-6-14-30-25(28)29)32-23(35)21-11-7-15-33(21)24(36)26(12-4-5-13-26)31-18-37-17-19-8-2-1-3-9-19/h1-3,8-9,20-21,31H,4-7,10-18H2,(H,32,35)(H4,28,29,30)/t20-,21-/m0/s1. The number of ketones is 1. The van der Waals surface area contributed by atoms with Gasteiger partial charge in [0.15, 0.2) is 11.7 Å². The number of ether oxygens (including phenoxy) is 1. The van der Waals surface area contributed by atoms with Gasteiger partial charge in [-0.2, -0.15) is 0 Å². The molecule has 11 heteroatoms. The first-order chi connectivity index (χ1) is 17.9. The predicted octanol–water partition coefficient (Wildman–Crippen LogP) is 1.13.